The van der Waals surface area contributed by atoms with Crippen molar-refractivity contribution in [2.24, 2.45) is 5.41 Å². The highest BCUT2D eigenvalue weighted by atomic mass is 32.2. The number of nitrogens with one attached hydrogen (secondary N) is 2. The SMILES string of the molecule is COCC1(CNS(=O)(=O)c2cc(C(F)(F)F)ccc2C)CCNCC1. The molecule has 2 rings (SSSR count). The van der Waals surface area contributed by atoms with E-state index in [4.69, 9.17) is 4.74 Å². The van der Waals surface area contributed by atoms with E-state index in [1.807, 2.05) is 0 Å². The third-order valence-electron chi connectivity index (χ3n) is 4.56. The molecule has 1 fully saturated rings. The minimum absolute atomic E-state index is 0.126. The molecule has 2 N–H and O–H groups in total. The van der Waals surface area contributed by atoms with Crippen molar-refractivity contribution in [3.05, 3.63) is 29.3 Å². The maximum atomic E-state index is 12.9. The van der Waals surface area contributed by atoms with Crippen LogP contribution in [0.25, 0.3) is 0 Å². The summed E-state index contributed by atoms with van der Waals surface area (Å²) in [6.07, 6.45) is -3.14. The molecule has 5 nitrogen and oxygen atoms in total. The Balaban J connectivity index is 2.24. The van der Waals surface area contributed by atoms with Gasteiger partial charge < -0.3 is 10.1 Å². The summed E-state index contributed by atoms with van der Waals surface area (Å²) in [5.41, 5.74) is -1.07. The molecule has 1 aliphatic rings. The lowest BCUT2D eigenvalue weighted by molar-refractivity contribution is -0.137. The predicted molar refractivity (Wildman–Crippen MR) is 87.8 cm³/mol. The fourth-order valence-electron chi connectivity index (χ4n) is 3.03. The van der Waals surface area contributed by atoms with Crippen LogP contribution in [-0.2, 0) is 20.9 Å². The molecule has 1 heterocycles. The fraction of sp³-hybridized carbons (Fsp3) is 0.625. The van der Waals surface area contributed by atoms with E-state index in [1.54, 1.807) is 7.11 Å². The van der Waals surface area contributed by atoms with Crippen LogP contribution in [0.2, 0.25) is 0 Å². The van der Waals surface area contributed by atoms with Crippen LogP contribution < -0.4 is 10.0 Å². The molecule has 0 amide bonds. The minimum atomic E-state index is -4.59. The van der Waals surface area contributed by atoms with Gasteiger partial charge in [-0.25, -0.2) is 13.1 Å². The Morgan fingerprint density at radius 2 is 1.92 bits per heavy atom. The number of methoxy groups -OCH3 is 1. The van der Waals surface area contributed by atoms with Gasteiger partial charge >= 0.3 is 6.18 Å². The summed E-state index contributed by atoms with van der Waals surface area (Å²) < 4.78 is 71.6. The van der Waals surface area contributed by atoms with Crippen LogP contribution in [0.3, 0.4) is 0 Å². The molecule has 0 spiro atoms. The van der Waals surface area contributed by atoms with E-state index >= 15 is 0 Å². The van der Waals surface area contributed by atoms with Crippen LogP contribution in [0, 0.1) is 12.3 Å². The number of alkyl halides is 3. The van der Waals surface area contributed by atoms with Crippen LogP contribution in [-0.4, -0.2) is 41.8 Å². The van der Waals surface area contributed by atoms with Crippen molar-refractivity contribution in [1.82, 2.24) is 10.0 Å². The number of sulfonamides is 1. The minimum Gasteiger partial charge on any atom is -0.384 e. The van der Waals surface area contributed by atoms with Crippen LogP contribution in [0.4, 0.5) is 13.2 Å². The second-order valence-corrected chi connectivity index (χ2v) is 8.22. The maximum absolute atomic E-state index is 12.9. The lowest BCUT2D eigenvalue weighted by Gasteiger charge is -2.37. The van der Waals surface area contributed by atoms with Gasteiger partial charge in [0.25, 0.3) is 0 Å². The van der Waals surface area contributed by atoms with E-state index in [0.29, 0.717) is 12.7 Å². The predicted octanol–water partition coefficient (Wildman–Crippen LogP) is 2.31. The first kappa shape index (κ1) is 20.2. The molecule has 9 heteroatoms. The maximum Gasteiger partial charge on any atom is 0.416 e. The Labute approximate surface area is 146 Å². The molecule has 0 aromatic heterocycles. The second-order valence-electron chi connectivity index (χ2n) is 6.49. The average Bonchev–Trinajstić information content (AvgIpc) is 2.53. The molecule has 0 saturated carbocycles. The number of piperidine rings is 1. The normalized spacial score (nSPS) is 18.3. The molecule has 1 aromatic carbocycles. The zero-order valence-electron chi connectivity index (χ0n) is 14.2. The highest BCUT2D eigenvalue weighted by Gasteiger charge is 2.35. The standard InChI is InChI=1S/C16H23F3N2O3S/c1-12-3-4-13(16(17,18)19)9-14(12)25(22,23)21-10-15(11-24-2)5-7-20-8-6-15/h3-4,9,20-21H,5-8,10-11H2,1-2H3. The van der Waals surface area contributed by atoms with Gasteiger partial charge in [0.15, 0.2) is 0 Å². The van der Waals surface area contributed by atoms with Gasteiger partial charge in [0.2, 0.25) is 10.0 Å². The molecule has 1 aliphatic heterocycles. The zero-order chi connectivity index (χ0) is 18.7. The van der Waals surface area contributed by atoms with Crippen LogP contribution in [0.5, 0.6) is 0 Å². The number of rotatable bonds is 6. The highest BCUT2D eigenvalue weighted by Crippen LogP contribution is 2.32. The van der Waals surface area contributed by atoms with Gasteiger partial charge in [0.1, 0.15) is 0 Å². The summed E-state index contributed by atoms with van der Waals surface area (Å²) in [5, 5.41) is 3.20. The van der Waals surface area contributed by atoms with Crippen molar-refractivity contribution in [3.63, 3.8) is 0 Å². The second kappa shape index (κ2) is 7.61. The average molecular weight is 380 g/mol. The zero-order valence-corrected chi connectivity index (χ0v) is 15.1. The van der Waals surface area contributed by atoms with E-state index in [9.17, 15) is 21.6 Å². The molecule has 0 radical (unpaired) electrons. The van der Waals surface area contributed by atoms with Crippen LogP contribution >= 0.6 is 0 Å². The van der Waals surface area contributed by atoms with Gasteiger partial charge in [0.05, 0.1) is 17.1 Å². The van der Waals surface area contributed by atoms with Gasteiger partial charge in [-0.15, -0.1) is 0 Å². The molecular weight excluding hydrogens is 357 g/mol. The topological polar surface area (TPSA) is 67.4 Å². The molecule has 1 saturated heterocycles. The van der Waals surface area contributed by atoms with Gasteiger partial charge in [-0.2, -0.15) is 13.2 Å². The quantitative estimate of drug-likeness (QED) is 0.795. The monoisotopic (exact) mass is 380 g/mol. The lowest BCUT2D eigenvalue weighted by atomic mass is 9.80. The largest absolute Gasteiger partial charge is 0.416 e. The van der Waals surface area contributed by atoms with Crippen molar-refractivity contribution < 1.29 is 26.3 Å². The number of ether oxygens (including phenoxy) is 1. The van der Waals surface area contributed by atoms with E-state index in [2.05, 4.69) is 10.0 Å². The Morgan fingerprint density at radius 3 is 2.48 bits per heavy atom. The summed E-state index contributed by atoms with van der Waals surface area (Å²) in [6.45, 7) is 3.48. The highest BCUT2D eigenvalue weighted by molar-refractivity contribution is 7.89. The molecule has 0 atom stereocenters. The first-order valence-electron chi connectivity index (χ1n) is 7.97. The van der Waals surface area contributed by atoms with E-state index in [0.717, 1.165) is 32.0 Å². The lowest BCUT2D eigenvalue weighted by Crippen LogP contribution is -2.47. The summed E-state index contributed by atoms with van der Waals surface area (Å²) in [6, 6.07) is 2.74. The van der Waals surface area contributed by atoms with Crippen LogP contribution in [0.1, 0.15) is 24.0 Å². The van der Waals surface area contributed by atoms with Crippen molar-refractivity contribution in [2.45, 2.75) is 30.8 Å². The summed E-state index contributed by atoms with van der Waals surface area (Å²) >= 11 is 0. The number of aryl methyl sites for hydroxylation is 1. The molecule has 0 bridgehead atoms. The molecule has 0 unspecified atom stereocenters. The van der Waals surface area contributed by atoms with Gasteiger partial charge in [-0.1, -0.05) is 6.07 Å². The van der Waals surface area contributed by atoms with Gasteiger partial charge in [-0.3, -0.25) is 0 Å². The Bertz CT molecular complexity index is 694. The third kappa shape index (κ3) is 4.93. The van der Waals surface area contributed by atoms with Crippen molar-refractivity contribution >= 4 is 10.0 Å². The van der Waals surface area contributed by atoms with Crippen molar-refractivity contribution in [3.8, 4) is 0 Å². The van der Waals surface area contributed by atoms with E-state index in [-0.39, 0.29) is 22.4 Å². The first-order valence-corrected chi connectivity index (χ1v) is 9.45. The van der Waals surface area contributed by atoms with Crippen LogP contribution in [0.15, 0.2) is 23.1 Å². The Hall–Kier alpha value is -1.16. The van der Waals surface area contributed by atoms with E-state index < -0.39 is 21.8 Å². The summed E-state index contributed by atoms with van der Waals surface area (Å²) in [4.78, 5) is -0.344. The Kier molecular flexibility index (Phi) is 6.13. The third-order valence-corrected chi connectivity index (χ3v) is 6.10. The van der Waals surface area contributed by atoms with E-state index in [1.165, 1.54) is 13.0 Å². The smallest absolute Gasteiger partial charge is 0.384 e. The number of halogens is 3. The molecule has 1 aromatic rings. The van der Waals surface area contributed by atoms with Crippen molar-refractivity contribution in [1.29, 1.82) is 0 Å². The number of hydrogen-bond acceptors (Lipinski definition) is 4. The first-order chi connectivity index (χ1) is 11.6. The van der Waals surface area contributed by atoms with Gasteiger partial charge in [-0.05, 0) is 50.6 Å². The molecule has 0 aliphatic carbocycles. The number of benzene rings is 1. The summed E-state index contributed by atoms with van der Waals surface area (Å²) in [7, 11) is -2.50. The summed E-state index contributed by atoms with van der Waals surface area (Å²) in [5.74, 6) is 0. The molecular formula is C16H23F3N2O3S. The van der Waals surface area contributed by atoms with Gasteiger partial charge in [0, 0.05) is 19.1 Å². The van der Waals surface area contributed by atoms with Crippen molar-refractivity contribution in [2.75, 3.05) is 33.4 Å². The molecule has 142 valence electrons. The molecule has 25 heavy (non-hydrogen) atoms. The number of hydrogen-bond donors (Lipinski definition) is 2. The fourth-order valence-corrected chi connectivity index (χ4v) is 4.45. The Morgan fingerprint density at radius 1 is 1.28 bits per heavy atom.